The SMILES string of the molecule is C.C=CC(C)c1onc(-c2ccccc2)c1-c1ccccc1S(C)(=O)=O.NC(=O)S.NC(=O)S.O. The number of carbonyl (C=O) groups is 2. The minimum Gasteiger partial charge on any atom is -0.412 e. The Balaban J connectivity index is 0. The van der Waals surface area contributed by atoms with E-state index in [1.165, 1.54) is 6.26 Å². The van der Waals surface area contributed by atoms with Gasteiger partial charge in [-0.1, -0.05) is 99.4 Å². The molecule has 0 aliphatic rings. The van der Waals surface area contributed by atoms with Gasteiger partial charge in [0.05, 0.1) is 10.5 Å². The van der Waals surface area contributed by atoms with Gasteiger partial charge in [0.15, 0.2) is 15.6 Å². The highest BCUT2D eigenvalue weighted by atomic mass is 32.2. The molecule has 2 aromatic carbocycles. The van der Waals surface area contributed by atoms with Gasteiger partial charge in [0.1, 0.15) is 5.69 Å². The molecular weight excluding hydrogens is 510 g/mol. The number of nitrogens with two attached hydrogens (primary N) is 2. The fourth-order valence-electron chi connectivity index (χ4n) is 2.77. The summed E-state index contributed by atoms with van der Waals surface area (Å²) in [5, 5.41) is 2.96. The zero-order chi connectivity index (χ0) is 25.2. The van der Waals surface area contributed by atoms with Crippen molar-refractivity contribution in [2.45, 2.75) is 25.2 Å². The van der Waals surface area contributed by atoms with E-state index in [1.807, 2.05) is 43.3 Å². The Kier molecular flexibility index (Phi) is 15.4. The molecule has 1 aromatic heterocycles. The number of allylic oxidation sites excluding steroid dienone is 1. The summed E-state index contributed by atoms with van der Waals surface area (Å²) in [7, 11) is -3.40. The van der Waals surface area contributed by atoms with Gasteiger partial charge < -0.3 is 21.5 Å². The van der Waals surface area contributed by atoms with Crippen molar-refractivity contribution >= 4 is 45.6 Å². The van der Waals surface area contributed by atoms with Gasteiger partial charge in [-0.05, 0) is 6.07 Å². The highest BCUT2D eigenvalue weighted by molar-refractivity contribution is 7.96. The number of sulfone groups is 1. The van der Waals surface area contributed by atoms with Crippen molar-refractivity contribution < 1.29 is 28.0 Å². The Hall–Kier alpha value is -3.06. The van der Waals surface area contributed by atoms with Crippen LogP contribution in [-0.4, -0.2) is 35.8 Å². The van der Waals surface area contributed by atoms with Crippen LogP contribution in [0.3, 0.4) is 0 Å². The molecule has 192 valence electrons. The largest absolute Gasteiger partial charge is 0.412 e. The van der Waals surface area contributed by atoms with E-state index in [0.29, 0.717) is 22.6 Å². The van der Waals surface area contributed by atoms with E-state index in [2.05, 4.69) is 48.5 Å². The van der Waals surface area contributed by atoms with Crippen LogP contribution in [0.2, 0.25) is 0 Å². The van der Waals surface area contributed by atoms with E-state index >= 15 is 0 Å². The molecule has 9 nitrogen and oxygen atoms in total. The van der Waals surface area contributed by atoms with Crippen LogP contribution in [-0.2, 0) is 9.84 Å². The summed E-state index contributed by atoms with van der Waals surface area (Å²) in [6.45, 7) is 5.76. The third-order valence-electron chi connectivity index (χ3n) is 4.09. The summed E-state index contributed by atoms with van der Waals surface area (Å²) >= 11 is 6.21. The van der Waals surface area contributed by atoms with Gasteiger partial charge in [0.25, 0.3) is 10.5 Å². The number of thiol groups is 2. The van der Waals surface area contributed by atoms with Crippen molar-refractivity contribution in [3.05, 3.63) is 73.0 Å². The number of rotatable bonds is 5. The summed E-state index contributed by atoms with van der Waals surface area (Å²) in [5.74, 6) is 0.498. The second-order valence-corrected chi connectivity index (χ2v) is 9.47. The van der Waals surface area contributed by atoms with Gasteiger partial charge in [0, 0.05) is 23.3 Å². The van der Waals surface area contributed by atoms with Crippen LogP contribution in [0.25, 0.3) is 22.4 Å². The molecule has 1 atom stereocenters. The molecule has 0 spiro atoms. The Morgan fingerprint density at radius 2 is 1.49 bits per heavy atom. The molecule has 2 amide bonds. The second-order valence-electron chi connectivity index (χ2n) is 6.61. The van der Waals surface area contributed by atoms with Crippen LogP contribution in [0.1, 0.15) is 26.0 Å². The minimum absolute atomic E-state index is 0. The minimum atomic E-state index is -3.40. The molecule has 0 radical (unpaired) electrons. The molecule has 0 aliphatic heterocycles. The van der Waals surface area contributed by atoms with Crippen LogP contribution in [0.15, 0.2) is 76.7 Å². The number of nitrogens with zero attached hydrogens (tertiary/aromatic N) is 1. The lowest BCUT2D eigenvalue weighted by Gasteiger charge is -2.11. The summed E-state index contributed by atoms with van der Waals surface area (Å²) in [4.78, 5) is 18.4. The van der Waals surface area contributed by atoms with Gasteiger partial charge >= 0.3 is 0 Å². The molecule has 12 heteroatoms. The number of primary amides is 2. The smallest absolute Gasteiger partial charge is 0.273 e. The molecule has 0 fully saturated rings. The lowest BCUT2D eigenvalue weighted by molar-refractivity contribution is 0.266. The van der Waals surface area contributed by atoms with E-state index in [-0.39, 0.29) is 23.7 Å². The Bertz CT molecular complexity index is 1190. The molecule has 0 saturated carbocycles. The van der Waals surface area contributed by atoms with E-state index in [0.717, 1.165) is 5.56 Å². The van der Waals surface area contributed by atoms with Crippen LogP contribution in [0.5, 0.6) is 0 Å². The zero-order valence-electron chi connectivity index (χ0n) is 18.5. The lowest BCUT2D eigenvalue weighted by Crippen LogP contribution is -2.01. The summed E-state index contributed by atoms with van der Waals surface area (Å²) in [6.07, 6.45) is 2.96. The van der Waals surface area contributed by atoms with E-state index in [4.69, 9.17) is 14.1 Å². The van der Waals surface area contributed by atoms with Crippen LogP contribution >= 0.6 is 25.3 Å². The standard InChI is InChI=1S/C20H19NO3S.2CH3NOS.CH4.H2O/c1-4-14(2)20-18(16-12-8-9-13-17(16)25(3,22)23)19(21-24-20)15-10-6-5-7-11-15;2*2-1(3)4;;/h4-14H,1H2,2-3H3;2*(H3,2,3,4);1H4;1H2. The molecule has 6 N–H and O–H groups in total. The van der Waals surface area contributed by atoms with Crippen LogP contribution in [0.4, 0.5) is 9.59 Å². The quantitative estimate of drug-likeness (QED) is 0.273. The van der Waals surface area contributed by atoms with Crippen molar-refractivity contribution in [1.29, 1.82) is 0 Å². The van der Waals surface area contributed by atoms with Crippen LogP contribution < -0.4 is 11.5 Å². The summed E-state index contributed by atoms with van der Waals surface area (Å²) in [5.41, 5.74) is 11.5. The fraction of sp³-hybridized carbons (Fsp3) is 0.174. The van der Waals surface area contributed by atoms with Crippen molar-refractivity contribution in [3.63, 3.8) is 0 Å². The highest BCUT2D eigenvalue weighted by Gasteiger charge is 2.26. The topological polar surface area (TPSA) is 178 Å². The third-order valence-corrected chi connectivity index (χ3v) is 5.24. The van der Waals surface area contributed by atoms with E-state index in [9.17, 15) is 8.42 Å². The van der Waals surface area contributed by atoms with E-state index < -0.39 is 20.3 Å². The second kappa shape index (κ2) is 15.8. The Morgan fingerprint density at radius 3 is 1.94 bits per heavy atom. The molecule has 0 saturated heterocycles. The normalized spacial score (nSPS) is 10.5. The number of aromatic nitrogens is 1. The first kappa shape index (κ1) is 34.1. The van der Waals surface area contributed by atoms with Gasteiger partial charge in [0.2, 0.25) is 0 Å². The zero-order valence-corrected chi connectivity index (χ0v) is 21.1. The molecule has 3 rings (SSSR count). The Labute approximate surface area is 216 Å². The van der Waals surface area contributed by atoms with Crippen LogP contribution in [0, 0.1) is 0 Å². The molecule has 1 unspecified atom stereocenters. The molecule has 0 bridgehead atoms. The first-order valence-electron chi connectivity index (χ1n) is 9.33. The molecular formula is C23H31N3O6S3. The summed E-state index contributed by atoms with van der Waals surface area (Å²) in [6, 6.07) is 16.5. The van der Waals surface area contributed by atoms with Gasteiger partial charge in [-0.2, -0.15) is 0 Å². The summed E-state index contributed by atoms with van der Waals surface area (Å²) < 4.78 is 30.2. The predicted molar refractivity (Wildman–Crippen MR) is 147 cm³/mol. The average molecular weight is 542 g/mol. The fourth-order valence-corrected chi connectivity index (χ4v) is 3.67. The van der Waals surface area contributed by atoms with E-state index in [1.54, 1.807) is 24.3 Å². The number of carbonyl (C=O) groups excluding carboxylic acids is 2. The lowest BCUT2D eigenvalue weighted by atomic mass is 9.94. The van der Waals surface area contributed by atoms with Gasteiger partial charge in [-0.3, -0.25) is 9.59 Å². The molecule has 35 heavy (non-hydrogen) atoms. The molecule has 3 aromatic rings. The van der Waals surface area contributed by atoms with Crippen molar-refractivity contribution in [2.24, 2.45) is 11.5 Å². The molecule has 1 heterocycles. The first-order chi connectivity index (χ1) is 15.4. The average Bonchev–Trinajstić information content (AvgIpc) is 3.17. The van der Waals surface area contributed by atoms with Crippen molar-refractivity contribution in [1.82, 2.24) is 5.16 Å². The first-order valence-corrected chi connectivity index (χ1v) is 12.1. The van der Waals surface area contributed by atoms with Crippen molar-refractivity contribution in [2.75, 3.05) is 6.26 Å². The maximum atomic E-state index is 12.3. The number of benzene rings is 2. The predicted octanol–water partition coefficient (Wildman–Crippen LogP) is 4.50. The molecule has 0 aliphatic carbocycles. The number of amides is 2. The number of hydrogen-bond acceptors (Lipinski definition) is 6. The highest BCUT2D eigenvalue weighted by Crippen LogP contribution is 2.40. The monoisotopic (exact) mass is 541 g/mol. The Morgan fingerprint density at radius 1 is 1.03 bits per heavy atom. The maximum absolute atomic E-state index is 12.3. The van der Waals surface area contributed by atoms with Gasteiger partial charge in [-0.25, -0.2) is 8.42 Å². The number of hydrogen-bond donors (Lipinski definition) is 4. The van der Waals surface area contributed by atoms with Gasteiger partial charge in [-0.15, -0.1) is 6.58 Å². The third kappa shape index (κ3) is 10.8. The van der Waals surface area contributed by atoms with Crippen molar-refractivity contribution in [3.8, 4) is 22.4 Å². The maximum Gasteiger partial charge on any atom is 0.273 e.